The summed E-state index contributed by atoms with van der Waals surface area (Å²) in [5, 5.41) is 9.76. The van der Waals surface area contributed by atoms with Gasteiger partial charge in [0, 0.05) is 34.3 Å². The first kappa shape index (κ1) is 22.2. The van der Waals surface area contributed by atoms with E-state index in [9.17, 15) is 9.59 Å². The SMILES string of the molecule is CC(=O)Nc1cccc(NC(=O)C2CCN(Cc3nc(-c4ccc(Br)cc4)no3)CC2)c1. The number of aromatic nitrogens is 2. The number of nitrogens with zero attached hydrogens (tertiary/aromatic N) is 3. The smallest absolute Gasteiger partial charge is 0.241 e. The first-order chi connectivity index (χ1) is 15.5. The Morgan fingerprint density at radius 1 is 1.09 bits per heavy atom. The molecule has 9 heteroatoms. The van der Waals surface area contributed by atoms with Gasteiger partial charge in [-0.25, -0.2) is 0 Å². The topological polar surface area (TPSA) is 100 Å². The van der Waals surface area contributed by atoms with Crippen molar-refractivity contribution in [2.24, 2.45) is 5.92 Å². The molecular weight excluding hydrogens is 474 g/mol. The van der Waals surface area contributed by atoms with Gasteiger partial charge in [-0.05, 0) is 68.4 Å². The second-order valence-electron chi connectivity index (χ2n) is 7.82. The van der Waals surface area contributed by atoms with Crippen LogP contribution in [0.2, 0.25) is 0 Å². The summed E-state index contributed by atoms with van der Waals surface area (Å²) in [5.74, 6) is 0.937. The Hall–Kier alpha value is -3.04. The molecule has 1 saturated heterocycles. The summed E-state index contributed by atoms with van der Waals surface area (Å²) >= 11 is 3.42. The lowest BCUT2D eigenvalue weighted by Gasteiger charge is -2.30. The number of anilines is 2. The van der Waals surface area contributed by atoms with Crippen molar-refractivity contribution in [1.29, 1.82) is 0 Å². The molecule has 0 aliphatic carbocycles. The van der Waals surface area contributed by atoms with Crippen LogP contribution in [0.5, 0.6) is 0 Å². The summed E-state index contributed by atoms with van der Waals surface area (Å²) < 4.78 is 6.42. The molecule has 0 spiro atoms. The van der Waals surface area contributed by atoms with Gasteiger partial charge in [-0.2, -0.15) is 4.98 Å². The number of rotatable bonds is 6. The Labute approximate surface area is 194 Å². The lowest BCUT2D eigenvalue weighted by atomic mass is 9.96. The zero-order valence-electron chi connectivity index (χ0n) is 17.7. The van der Waals surface area contributed by atoms with Crippen LogP contribution in [0, 0.1) is 5.92 Å². The van der Waals surface area contributed by atoms with E-state index in [0.717, 1.165) is 36.0 Å². The molecule has 8 nitrogen and oxygen atoms in total. The van der Waals surface area contributed by atoms with Crippen molar-refractivity contribution in [2.45, 2.75) is 26.3 Å². The van der Waals surface area contributed by atoms with E-state index in [1.165, 1.54) is 6.92 Å². The molecule has 0 unspecified atom stereocenters. The highest BCUT2D eigenvalue weighted by Gasteiger charge is 2.26. The fraction of sp³-hybridized carbons (Fsp3) is 0.304. The van der Waals surface area contributed by atoms with Gasteiger partial charge in [0.2, 0.25) is 23.5 Å². The van der Waals surface area contributed by atoms with Crippen LogP contribution in [-0.4, -0.2) is 39.9 Å². The summed E-state index contributed by atoms with van der Waals surface area (Å²) in [7, 11) is 0. The zero-order valence-corrected chi connectivity index (χ0v) is 19.3. The third-order valence-electron chi connectivity index (χ3n) is 5.34. The minimum absolute atomic E-state index is 0.0000556. The number of hydrogen-bond donors (Lipinski definition) is 2. The summed E-state index contributed by atoms with van der Waals surface area (Å²) in [6.07, 6.45) is 1.51. The van der Waals surface area contributed by atoms with Crippen LogP contribution in [-0.2, 0) is 16.1 Å². The molecule has 1 aromatic heterocycles. The van der Waals surface area contributed by atoms with Gasteiger partial charge in [0.1, 0.15) is 0 Å². The largest absolute Gasteiger partial charge is 0.338 e. The number of piperidine rings is 1. The van der Waals surface area contributed by atoms with Crippen molar-refractivity contribution >= 4 is 39.1 Å². The van der Waals surface area contributed by atoms with E-state index >= 15 is 0 Å². The van der Waals surface area contributed by atoms with Gasteiger partial charge in [-0.3, -0.25) is 14.5 Å². The summed E-state index contributed by atoms with van der Waals surface area (Å²) in [6, 6.07) is 14.9. The molecule has 4 rings (SSSR count). The van der Waals surface area contributed by atoms with E-state index in [1.807, 2.05) is 30.3 Å². The van der Waals surface area contributed by atoms with Crippen molar-refractivity contribution in [2.75, 3.05) is 23.7 Å². The second kappa shape index (κ2) is 10.1. The molecule has 2 amide bonds. The van der Waals surface area contributed by atoms with Gasteiger partial charge >= 0.3 is 0 Å². The van der Waals surface area contributed by atoms with E-state index in [0.29, 0.717) is 29.6 Å². The first-order valence-electron chi connectivity index (χ1n) is 10.5. The standard InChI is InChI=1S/C23H24BrN5O3/c1-15(30)25-19-3-2-4-20(13-19)26-23(31)17-9-11-29(12-10-17)14-21-27-22(28-32-21)16-5-7-18(24)8-6-16/h2-8,13,17H,9-12,14H2,1H3,(H,25,30)(H,26,31). The number of halogens is 1. The average Bonchev–Trinajstić information content (AvgIpc) is 3.23. The van der Waals surface area contributed by atoms with Crippen molar-refractivity contribution < 1.29 is 14.1 Å². The monoisotopic (exact) mass is 497 g/mol. The Bertz CT molecular complexity index is 1090. The van der Waals surface area contributed by atoms with Gasteiger partial charge in [0.25, 0.3) is 0 Å². The molecule has 166 valence electrons. The lowest BCUT2D eigenvalue weighted by molar-refractivity contribution is -0.121. The highest BCUT2D eigenvalue weighted by molar-refractivity contribution is 9.10. The van der Waals surface area contributed by atoms with Crippen LogP contribution in [0.15, 0.2) is 57.5 Å². The number of amides is 2. The number of nitrogens with one attached hydrogen (secondary N) is 2. The molecule has 1 fully saturated rings. The second-order valence-corrected chi connectivity index (χ2v) is 8.74. The highest BCUT2D eigenvalue weighted by Crippen LogP contribution is 2.23. The van der Waals surface area contributed by atoms with E-state index in [2.05, 4.69) is 41.6 Å². The van der Waals surface area contributed by atoms with Gasteiger partial charge in [0.15, 0.2) is 0 Å². The van der Waals surface area contributed by atoms with E-state index < -0.39 is 0 Å². The third-order valence-corrected chi connectivity index (χ3v) is 5.87. The van der Waals surface area contributed by atoms with Crippen molar-refractivity contribution in [3.8, 4) is 11.4 Å². The Kier molecular flexibility index (Phi) is 6.96. The number of benzene rings is 2. The van der Waals surface area contributed by atoms with Crippen LogP contribution < -0.4 is 10.6 Å². The fourth-order valence-corrected chi connectivity index (χ4v) is 3.97. The number of likely N-dealkylation sites (tertiary alicyclic amines) is 1. The highest BCUT2D eigenvalue weighted by atomic mass is 79.9. The Morgan fingerprint density at radius 2 is 1.78 bits per heavy atom. The third kappa shape index (κ3) is 5.80. The quantitative estimate of drug-likeness (QED) is 0.526. The van der Waals surface area contributed by atoms with Crippen LogP contribution in [0.3, 0.4) is 0 Å². The van der Waals surface area contributed by atoms with Crippen molar-refractivity contribution in [1.82, 2.24) is 15.0 Å². The van der Waals surface area contributed by atoms with Gasteiger partial charge in [-0.15, -0.1) is 0 Å². The van der Waals surface area contributed by atoms with E-state index in [1.54, 1.807) is 18.2 Å². The zero-order chi connectivity index (χ0) is 22.5. The van der Waals surface area contributed by atoms with Crippen LogP contribution in [0.1, 0.15) is 25.7 Å². The molecule has 2 heterocycles. The van der Waals surface area contributed by atoms with E-state index in [4.69, 9.17) is 4.52 Å². The molecule has 1 aliphatic heterocycles. The summed E-state index contributed by atoms with van der Waals surface area (Å²) in [6.45, 7) is 3.58. The Balaban J connectivity index is 1.27. The maximum absolute atomic E-state index is 12.7. The van der Waals surface area contributed by atoms with E-state index in [-0.39, 0.29) is 17.7 Å². The minimum atomic E-state index is -0.147. The summed E-state index contributed by atoms with van der Waals surface area (Å²) in [4.78, 5) is 30.6. The molecule has 0 bridgehead atoms. The number of hydrogen-bond acceptors (Lipinski definition) is 6. The van der Waals surface area contributed by atoms with Crippen molar-refractivity contribution in [3.05, 3.63) is 58.9 Å². The van der Waals surface area contributed by atoms with Gasteiger partial charge < -0.3 is 15.2 Å². The minimum Gasteiger partial charge on any atom is -0.338 e. The molecule has 32 heavy (non-hydrogen) atoms. The van der Waals surface area contributed by atoms with Crippen LogP contribution >= 0.6 is 15.9 Å². The normalized spacial score (nSPS) is 14.8. The van der Waals surface area contributed by atoms with Crippen LogP contribution in [0.25, 0.3) is 11.4 Å². The average molecular weight is 498 g/mol. The molecule has 1 aliphatic rings. The molecule has 3 aromatic rings. The first-order valence-corrected chi connectivity index (χ1v) is 11.2. The molecule has 2 aromatic carbocycles. The van der Waals surface area contributed by atoms with Gasteiger partial charge in [0.05, 0.1) is 6.54 Å². The predicted octanol–water partition coefficient (Wildman–Crippen LogP) is 4.31. The molecule has 0 radical (unpaired) electrons. The molecule has 0 saturated carbocycles. The molecule has 0 atom stereocenters. The Morgan fingerprint density at radius 3 is 2.47 bits per heavy atom. The maximum Gasteiger partial charge on any atom is 0.241 e. The van der Waals surface area contributed by atoms with Gasteiger partial charge in [-0.1, -0.05) is 27.2 Å². The summed E-state index contributed by atoms with van der Waals surface area (Å²) in [5.41, 5.74) is 2.24. The number of carbonyl (C=O) groups is 2. The fourth-order valence-electron chi connectivity index (χ4n) is 3.70. The maximum atomic E-state index is 12.7. The van der Waals surface area contributed by atoms with Crippen molar-refractivity contribution in [3.63, 3.8) is 0 Å². The molecule has 2 N–H and O–H groups in total. The predicted molar refractivity (Wildman–Crippen MR) is 125 cm³/mol. The molecular formula is C23H24BrN5O3. The lowest BCUT2D eigenvalue weighted by Crippen LogP contribution is -2.37. The van der Waals surface area contributed by atoms with Crippen LogP contribution in [0.4, 0.5) is 11.4 Å². The number of carbonyl (C=O) groups excluding carboxylic acids is 2.